The van der Waals surface area contributed by atoms with Gasteiger partial charge in [0.1, 0.15) is 5.78 Å². The van der Waals surface area contributed by atoms with Crippen LogP contribution in [0.2, 0.25) is 19.3 Å². The molecule has 0 aromatic heterocycles. The van der Waals surface area contributed by atoms with Gasteiger partial charge >= 0.3 is 0 Å². The lowest BCUT2D eigenvalue weighted by Crippen LogP contribution is -2.31. The summed E-state index contributed by atoms with van der Waals surface area (Å²) in [5, 5.41) is 0. The standard InChI is InChI=1S/C3H11B3NSi.C3H6O/c1-8(2)5-3-6(4)7;1-3(2)4/h8H,3,7H2,1-2H3;1-2H3. The fourth-order valence-electron chi connectivity index (χ4n) is 0.429. The van der Waals surface area contributed by atoms with Gasteiger partial charge in [0.15, 0.2) is 6.74 Å². The van der Waals surface area contributed by atoms with E-state index in [2.05, 4.69) is 20.0 Å². The topological polar surface area (TPSA) is 43.1 Å². The summed E-state index contributed by atoms with van der Waals surface area (Å²) >= 11 is 0. The van der Waals surface area contributed by atoms with Crippen LogP contribution in [0.5, 0.6) is 0 Å². The number of carbonyl (C=O) groups is 1. The minimum atomic E-state index is -0.512. The van der Waals surface area contributed by atoms with Gasteiger partial charge in [0.2, 0.25) is 0 Å². The molecular weight excluding hydrogens is 163 g/mol. The van der Waals surface area contributed by atoms with E-state index >= 15 is 0 Å². The van der Waals surface area contributed by atoms with Crippen molar-refractivity contribution in [2.75, 3.05) is 0 Å². The highest BCUT2D eigenvalue weighted by atomic mass is 28.3. The van der Waals surface area contributed by atoms with Crippen molar-refractivity contribution in [1.29, 1.82) is 0 Å². The molecule has 65 valence electrons. The zero-order chi connectivity index (χ0) is 10.1. The lowest BCUT2D eigenvalue weighted by atomic mass is 9.38. The Morgan fingerprint density at radius 1 is 1.58 bits per heavy atom. The third kappa shape index (κ3) is 32.3. The number of nitrogens with two attached hydrogens (primary N) is 1. The van der Waals surface area contributed by atoms with E-state index in [0.29, 0.717) is 0 Å². The number of carbonyl (C=O) groups excluding carboxylic acids is 1. The molecular formula is C6H17B3NOSi. The summed E-state index contributed by atoms with van der Waals surface area (Å²) in [6.45, 7) is 9.68. The molecule has 0 rings (SSSR count). The molecule has 0 aliphatic heterocycles. The van der Waals surface area contributed by atoms with Crippen molar-refractivity contribution in [1.82, 2.24) is 0 Å². The van der Waals surface area contributed by atoms with E-state index in [9.17, 15) is 4.79 Å². The molecule has 0 atom stereocenters. The van der Waals surface area contributed by atoms with Crippen LogP contribution in [0.3, 0.4) is 0 Å². The van der Waals surface area contributed by atoms with Crippen molar-refractivity contribution < 1.29 is 4.79 Å². The van der Waals surface area contributed by atoms with Crippen LogP contribution in [-0.4, -0.2) is 35.8 Å². The zero-order valence-corrected chi connectivity index (χ0v) is 9.66. The molecule has 0 amide bonds. The van der Waals surface area contributed by atoms with Crippen LogP contribution >= 0.6 is 0 Å². The molecule has 2 N–H and O–H groups in total. The molecule has 0 fully saturated rings. The van der Waals surface area contributed by atoms with Crippen molar-refractivity contribution in [2.45, 2.75) is 33.2 Å². The monoisotopic (exact) mass is 180 g/mol. The highest BCUT2D eigenvalue weighted by Crippen LogP contribution is 1.82. The van der Waals surface area contributed by atoms with Gasteiger partial charge in [0, 0.05) is 7.74 Å². The Balaban J connectivity index is 0. The number of hydrogen-bond donors (Lipinski definition) is 1. The van der Waals surface area contributed by atoms with E-state index < -0.39 is 8.67 Å². The quantitative estimate of drug-likeness (QED) is 0.613. The highest BCUT2D eigenvalue weighted by Gasteiger charge is 2.01. The van der Waals surface area contributed by atoms with E-state index in [1.54, 1.807) is 0 Å². The Morgan fingerprint density at radius 3 is 2.00 bits per heavy atom. The number of rotatable bonds is 3. The molecule has 0 unspecified atom stereocenters. The summed E-state index contributed by atoms with van der Waals surface area (Å²) in [4.78, 5) is 9.44. The van der Waals surface area contributed by atoms with Gasteiger partial charge < -0.3 is 10.4 Å². The summed E-state index contributed by atoms with van der Waals surface area (Å²) in [5.41, 5.74) is 5.31. The van der Waals surface area contributed by atoms with E-state index in [4.69, 9.17) is 13.4 Å². The van der Waals surface area contributed by atoms with Crippen molar-refractivity contribution in [3.63, 3.8) is 0 Å². The van der Waals surface area contributed by atoms with Crippen molar-refractivity contribution in [3.05, 3.63) is 0 Å². The van der Waals surface area contributed by atoms with Gasteiger partial charge in [-0.25, -0.2) is 0 Å². The maximum Gasteiger partial charge on any atom is 0.154 e. The summed E-state index contributed by atoms with van der Waals surface area (Å²) in [6, 6.07) is 0. The zero-order valence-electron chi connectivity index (χ0n) is 8.50. The van der Waals surface area contributed by atoms with E-state index in [1.165, 1.54) is 13.8 Å². The second kappa shape index (κ2) is 9.13. The lowest BCUT2D eigenvalue weighted by molar-refractivity contribution is -0.114. The highest BCUT2D eigenvalue weighted by molar-refractivity contribution is 7.18. The molecule has 3 radical (unpaired) electrons. The molecule has 12 heavy (non-hydrogen) atoms. The van der Waals surface area contributed by atoms with Gasteiger partial charge in [0.25, 0.3) is 0 Å². The molecule has 0 heterocycles. The van der Waals surface area contributed by atoms with Crippen LogP contribution in [0.1, 0.15) is 13.8 Å². The molecule has 0 aromatic rings. The Morgan fingerprint density at radius 2 is 1.92 bits per heavy atom. The van der Waals surface area contributed by atoms with Gasteiger partial charge in [-0.3, -0.25) is 0 Å². The van der Waals surface area contributed by atoms with Crippen molar-refractivity contribution in [2.24, 2.45) is 5.64 Å². The predicted molar refractivity (Wildman–Crippen MR) is 61.5 cm³/mol. The van der Waals surface area contributed by atoms with Crippen LogP contribution in [0.25, 0.3) is 0 Å². The van der Waals surface area contributed by atoms with Crippen molar-refractivity contribution in [3.8, 4) is 0 Å². The van der Waals surface area contributed by atoms with Crippen LogP contribution in [0, 0.1) is 0 Å². The van der Waals surface area contributed by atoms with Crippen LogP contribution < -0.4 is 5.64 Å². The second-order valence-electron chi connectivity index (χ2n) is 3.29. The first-order valence-electron chi connectivity index (χ1n) is 4.18. The largest absolute Gasteiger partial charge is 0.377 e. The van der Waals surface area contributed by atoms with Gasteiger partial charge in [-0.15, -0.1) is 0 Å². The molecule has 0 bridgehead atoms. The number of Topliss-reactive ketones (excluding diaryl/α,β-unsaturated/α-hetero) is 1. The molecule has 2 nitrogen and oxygen atoms in total. The maximum absolute atomic E-state index is 9.44. The molecule has 0 saturated carbocycles. The molecule has 6 heteroatoms. The summed E-state index contributed by atoms with van der Waals surface area (Å²) in [5.74, 6) is 0.167. The Kier molecular flexibility index (Phi) is 11.1. The fraction of sp³-hybridized carbons (Fsp3) is 0.833. The normalized spacial score (nSPS) is 8.50. The van der Waals surface area contributed by atoms with E-state index in [-0.39, 0.29) is 12.5 Å². The van der Waals surface area contributed by atoms with Gasteiger partial charge in [0.05, 0.1) is 6.87 Å². The second-order valence-corrected chi connectivity index (χ2v) is 6.25. The Hall–Kier alpha value is 0.0417. The third-order valence-corrected chi connectivity index (χ3v) is 2.09. The van der Waals surface area contributed by atoms with Gasteiger partial charge in [-0.1, -0.05) is 19.3 Å². The van der Waals surface area contributed by atoms with Crippen LogP contribution in [0.4, 0.5) is 0 Å². The third-order valence-electron chi connectivity index (χ3n) is 0.880. The molecule has 0 aromatic carbocycles. The Bertz CT molecular complexity index is 109. The van der Waals surface area contributed by atoms with Crippen LogP contribution in [-0.2, 0) is 4.79 Å². The minimum Gasteiger partial charge on any atom is -0.377 e. The minimum absolute atomic E-state index is 0.134. The number of hydrogen-bond acceptors (Lipinski definition) is 2. The smallest absolute Gasteiger partial charge is 0.154 e. The summed E-state index contributed by atoms with van der Waals surface area (Å²) in [6.07, 6.45) is 0.879. The fourth-order valence-corrected chi connectivity index (χ4v) is 1.29. The van der Waals surface area contributed by atoms with E-state index in [1.807, 2.05) is 0 Å². The average Bonchev–Trinajstić information content (AvgIpc) is 1.82. The first-order valence-corrected chi connectivity index (χ1v) is 7.15. The SMILES string of the molecule is CC(C)=O.[B]B(N)C[B][SiH](C)C. The molecule has 0 aliphatic rings. The Labute approximate surface area is 80.0 Å². The summed E-state index contributed by atoms with van der Waals surface area (Å²) in [7, 11) is 4.80. The van der Waals surface area contributed by atoms with Gasteiger partial charge in [-0.2, -0.15) is 0 Å². The first kappa shape index (κ1) is 14.6. The van der Waals surface area contributed by atoms with Crippen LogP contribution in [0.15, 0.2) is 0 Å². The summed E-state index contributed by atoms with van der Waals surface area (Å²) < 4.78 is 0. The average molecular weight is 180 g/mol. The molecule has 0 aliphatic carbocycles. The van der Waals surface area contributed by atoms with Gasteiger partial charge in [-0.05, 0) is 22.5 Å². The van der Waals surface area contributed by atoms with Crippen molar-refractivity contribution >= 4 is 35.8 Å². The molecule has 0 spiro atoms. The molecule has 0 saturated heterocycles. The lowest BCUT2D eigenvalue weighted by Gasteiger charge is -2.00. The first-order chi connectivity index (χ1) is 5.36. The van der Waals surface area contributed by atoms with E-state index in [0.717, 1.165) is 6.22 Å². The predicted octanol–water partition coefficient (Wildman–Crippen LogP) is -0.158. The number of ketones is 1. The maximum atomic E-state index is 9.44.